The molecule has 0 aliphatic carbocycles. The van der Waals surface area contributed by atoms with E-state index in [9.17, 15) is 10.2 Å². The van der Waals surface area contributed by atoms with Gasteiger partial charge in [0.25, 0.3) is 0 Å². The molecule has 0 saturated heterocycles. The fourth-order valence-electron chi connectivity index (χ4n) is 2.91. The van der Waals surface area contributed by atoms with Crippen LogP contribution in [0, 0.1) is 0 Å². The van der Waals surface area contributed by atoms with Gasteiger partial charge in [-0.25, -0.2) is 4.98 Å². The molecular formula is C22H16N2O2. The van der Waals surface area contributed by atoms with Crippen LogP contribution in [0.15, 0.2) is 83.9 Å². The first-order valence-electron chi connectivity index (χ1n) is 8.22. The SMILES string of the molecule is Oc1ccccc1-c1cccc(/C=N/c2cccc3cccc(O)c23)n1. The Labute approximate surface area is 150 Å². The molecule has 0 unspecified atom stereocenters. The molecule has 3 aromatic carbocycles. The Hall–Kier alpha value is -3.66. The lowest BCUT2D eigenvalue weighted by Crippen LogP contribution is -1.90. The van der Waals surface area contributed by atoms with E-state index < -0.39 is 0 Å². The zero-order valence-corrected chi connectivity index (χ0v) is 13.9. The van der Waals surface area contributed by atoms with Gasteiger partial charge in [0.1, 0.15) is 11.5 Å². The van der Waals surface area contributed by atoms with Crippen molar-refractivity contribution in [1.29, 1.82) is 0 Å². The van der Waals surface area contributed by atoms with Crippen LogP contribution in [0.3, 0.4) is 0 Å². The smallest absolute Gasteiger partial charge is 0.125 e. The number of para-hydroxylation sites is 1. The highest BCUT2D eigenvalue weighted by Crippen LogP contribution is 2.33. The van der Waals surface area contributed by atoms with Crippen molar-refractivity contribution in [3.8, 4) is 22.8 Å². The van der Waals surface area contributed by atoms with Crippen molar-refractivity contribution >= 4 is 22.7 Å². The number of phenolic OH excluding ortho intramolecular Hbond substituents is 2. The minimum absolute atomic E-state index is 0.188. The van der Waals surface area contributed by atoms with E-state index >= 15 is 0 Å². The summed E-state index contributed by atoms with van der Waals surface area (Å²) in [5, 5.41) is 21.8. The quantitative estimate of drug-likeness (QED) is 0.512. The molecule has 26 heavy (non-hydrogen) atoms. The van der Waals surface area contributed by atoms with Crippen molar-refractivity contribution < 1.29 is 10.2 Å². The van der Waals surface area contributed by atoms with Crippen LogP contribution in [-0.4, -0.2) is 21.4 Å². The highest BCUT2D eigenvalue weighted by atomic mass is 16.3. The number of phenols is 2. The lowest BCUT2D eigenvalue weighted by molar-refractivity contribution is 0.477. The first-order valence-corrected chi connectivity index (χ1v) is 8.22. The van der Waals surface area contributed by atoms with Crippen LogP contribution < -0.4 is 0 Å². The first-order chi connectivity index (χ1) is 12.7. The third-order valence-electron chi connectivity index (χ3n) is 4.15. The minimum atomic E-state index is 0.188. The second kappa shape index (κ2) is 6.69. The number of benzene rings is 3. The Kier molecular flexibility index (Phi) is 4.07. The van der Waals surface area contributed by atoms with Crippen molar-refractivity contribution in [2.45, 2.75) is 0 Å². The number of aromatic hydroxyl groups is 2. The number of aliphatic imine (C=N–C) groups is 1. The summed E-state index contributed by atoms with van der Waals surface area (Å²) in [6.45, 7) is 0. The maximum absolute atomic E-state index is 10.2. The molecule has 4 aromatic rings. The van der Waals surface area contributed by atoms with Crippen molar-refractivity contribution in [2.75, 3.05) is 0 Å². The molecule has 4 nitrogen and oxygen atoms in total. The van der Waals surface area contributed by atoms with Gasteiger partial charge in [0, 0.05) is 10.9 Å². The van der Waals surface area contributed by atoms with E-state index in [0.29, 0.717) is 28.0 Å². The van der Waals surface area contributed by atoms with Gasteiger partial charge in [-0.3, -0.25) is 4.99 Å². The van der Waals surface area contributed by atoms with Gasteiger partial charge >= 0.3 is 0 Å². The van der Waals surface area contributed by atoms with Crippen LogP contribution in [0.25, 0.3) is 22.0 Å². The van der Waals surface area contributed by atoms with Crippen LogP contribution in [0.4, 0.5) is 5.69 Å². The molecule has 0 bridgehead atoms. The molecule has 1 heterocycles. The molecule has 0 saturated carbocycles. The van der Waals surface area contributed by atoms with E-state index in [0.717, 1.165) is 5.39 Å². The summed E-state index contributed by atoms with van der Waals surface area (Å²) in [5.41, 5.74) is 2.69. The minimum Gasteiger partial charge on any atom is -0.507 e. The van der Waals surface area contributed by atoms with Gasteiger partial charge in [-0.2, -0.15) is 0 Å². The molecule has 0 atom stereocenters. The molecule has 126 valence electrons. The van der Waals surface area contributed by atoms with Crippen LogP contribution in [0.5, 0.6) is 11.5 Å². The number of fused-ring (bicyclic) bond motifs is 1. The number of nitrogens with zero attached hydrogens (tertiary/aromatic N) is 2. The number of hydrogen-bond acceptors (Lipinski definition) is 4. The molecule has 4 rings (SSSR count). The predicted molar refractivity (Wildman–Crippen MR) is 104 cm³/mol. The zero-order chi connectivity index (χ0) is 17.9. The molecule has 0 radical (unpaired) electrons. The normalized spacial score (nSPS) is 11.2. The van der Waals surface area contributed by atoms with Crippen molar-refractivity contribution in [1.82, 2.24) is 4.98 Å². The Balaban J connectivity index is 1.73. The molecule has 4 heteroatoms. The summed E-state index contributed by atoms with van der Waals surface area (Å²) in [4.78, 5) is 9.06. The summed E-state index contributed by atoms with van der Waals surface area (Å²) in [5.74, 6) is 0.388. The Bertz CT molecular complexity index is 1110. The van der Waals surface area contributed by atoms with Gasteiger partial charge in [0.05, 0.1) is 23.3 Å². The maximum atomic E-state index is 10.2. The number of rotatable bonds is 3. The van der Waals surface area contributed by atoms with Crippen LogP contribution >= 0.6 is 0 Å². The lowest BCUT2D eigenvalue weighted by atomic mass is 10.1. The average Bonchev–Trinajstić information content (AvgIpc) is 2.67. The Morgan fingerprint density at radius 2 is 1.46 bits per heavy atom. The van der Waals surface area contributed by atoms with Crippen LogP contribution in [0.1, 0.15) is 5.69 Å². The van der Waals surface area contributed by atoms with Crippen LogP contribution in [0.2, 0.25) is 0 Å². The highest BCUT2D eigenvalue weighted by Gasteiger charge is 2.06. The molecular weight excluding hydrogens is 324 g/mol. The van der Waals surface area contributed by atoms with Gasteiger partial charge in [0.15, 0.2) is 0 Å². The lowest BCUT2D eigenvalue weighted by Gasteiger charge is -2.05. The molecule has 0 amide bonds. The monoisotopic (exact) mass is 340 g/mol. The second-order valence-electron chi connectivity index (χ2n) is 5.88. The fraction of sp³-hybridized carbons (Fsp3) is 0. The number of pyridine rings is 1. The first kappa shape index (κ1) is 15.8. The van der Waals surface area contributed by atoms with E-state index in [4.69, 9.17) is 0 Å². The molecule has 1 aromatic heterocycles. The predicted octanol–water partition coefficient (Wildman–Crippen LogP) is 5.06. The summed E-state index contributed by atoms with van der Waals surface area (Å²) in [7, 11) is 0. The summed E-state index contributed by atoms with van der Waals surface area (Å²) >= 11 is 0. The molecule has 0 aliphatic rings. The standard InChI is InChI=1S/C22H16N2O2/c25-20-12-2-1-9-17(20)18-10-5-8-16(24-18)14-23-19-11-3-6-15-7-4-13-21(26)22(15)19/h1-14,25-26H/b23-14+. The van der Waals surface area contributed by atoms with Gasteiger partial charge < -0.3 is 10.2 Å². The fourth-order valence-corrected chi connectivity index (χ4v) is 2.91. The van der Waals surface area contributed by atoms with Crippen LogP contribution in [-0.2, 0) is 0 Å². The highest BCUT2D eigenvalue weighted by molar-refractivity contribution is 5.99. The van der Waals surface area contributed by atoms with E-state index in [-0.39, 0.29) is 11.5 Å². The Morgan fingerprint density at radius 3 is 2.31 bits per heavy atom. The molecule has 2 N–H and O–H groups in total. The van der Waals surface area contributed by atoms with E-state index in [1.165, 1.54) is 0 Å². The number of hydrogen-bond donors (Lipinski definition) is 2. The van der Waals surface area contributed by atoms with Gasteiger partial charge in [0.2, 0.25) is 0 Å². The van der Waals surface area contributed by atoms with E-state index in [1.807, 2.05) is 60.7 Å². The topological polar surface area (TPSA) is 65.7 Å². The summed E-state index contributed by atoms with van der Waals surface area (Å²) < 4.78 is 0. The second-order valence-corrected chi connectivity index (χ2v) is 5.88. The third-order valence-corrected chi connectivity index (χ3v) is 4.15. The van der Waals surface area contributed by atoms with Crippen molar-refractivity contribution in [2.24, 2.45) is 4.99 Å². The van der Waals surface area contributed by atoms with Gasteiger partial charge in [-0.15, -0.1) is 0 Å². The number of aromatic nitrogens is 1. The van der Waals surface area contributed by atoms with Crippen molar-refractivity contribution in [3.05, 3.63) is 84.6 Å². The van der Waals surface area contributed by atoms with E-state index in [2.05, 4.69) is 9.98 Å². The Morgan fingerprint density at radius 1 is 0.731 bits per heavy atom. The van der Waals surface area contributed by atoms with Crippen molar-refractivity contribution in [3.63, 3.8) is 0 Å². The van der Waals surface area contributed by atoms with E-state index in [1.54, 1.807) is 24.4 Å². The molecule has 0 aliphatic heterocycles. The largest absolute Gasteiger partial charge is 0.507 e. The van der Waals surface area contributed by atoms with Gasteiger partial charge in [-0.1, -0.05) is 42.5 Å². The zero-order valence-electron chi connectivity index (χ0n) is 13.9. The average molecular weight is 340 g/mol. The van der Waals surface area contributed by atoms with Gasteiger partial charge in [-0.05, 0) is 41.8 Å². The maximum Gasteiger partial charge on any atom is 0.125 e. The third kappa shape index (κ3) is 3.00. The summed E-state index contributed by atoms with van der Waals surface area (Å²) in [6, 6.07) is 23.7. The summed E-state index contributed by atoms with van der Waals surface area (Å²) in [6.07, 6.45) is 1.66. The molecule has 0 fully saturated rings. The molecule has 0 spiro atoms.